The van der Waals surface area contributed by atoms with E-state index in [-0.39, 0.29) is 0 Å². The van der Waals surface area contributed by atoms with Crippen molar-refractivity contribution in [1.82, 2.24) is 4.90 Å². The number of fused-ring (bicyclic) bond motifs is 1. The summed E-state index contributed by atoms with van der Waals surface area (Å²) in [5.41, 5.74) is 6.34. The van der Waals surface area contributed by atoms with Crippen LogP contribution in [-0.2, 0) is 4.74 Å². The average Bonchev–Trinajstić information content (AvgIpc) is 2.40. The lowest BCUT2D eigenvalue weighted by atomic mass is 9.62. The molecule has 4 atom stereocenters. The molecule has 130 valence electrons. The summed E-state index contributed by atoms with van der Waals surface area (Å²) in [5.74, 6) is 1.29. The van der Waals surface area contributed by atoms with Crippen LogP contribution < -0.4 is 5.73 Å². The van der Waals surface area contributed by atoms with Crippen molar-refractivity contribution in [2.75, 3.05) is 13.2 Å². The molecule has 1 spiro atoms. The number of hydrogen-bond donors (Lipinski definition) is 1. The van der Waals surface area contributed by atoms with Crippen molar-refractivity contribution in [2.45, 2.75) is 95.2 Å². The van der Waals surface area contributed by atoms with Crippen molar-refractivity contribution in [3.63, 3.8) is 0 Å². The predicted molar refractivity (Wildman–Crippen MR) is 96.6 cm³/mol. The SMILES string of the molecule is [B]C1(N)CC(C)CCCCC2C(CCC3(COC3)N2C(C)C)C1. The van der Waals surface area contributed by atoms with E-state index < -0.39 is 5.44 Å². The summed E-state index contributed by atoms with van der Waals surface area (Å²) in [5, 5.41) is 0. The van der Waals surface area contributed by atoms with E-state index in [0.29, 0.717) is 29.5 Å². The van der Waals surface area contributed by atoms with E-state index in [0.717, 1.165) is 26.1 Å². The lowest BCUT2D eigenvalue weighted by molar-refractivity contribution is -0.196. The van der Waals surface area contributed by atoms with E-state index in [1.165, 1.54) is 38.5 Å². The monoisotopic (exact) mass is 318 g/mol. The molecule has 4 unspecified atom stereocenters. The highest BCUT2D eigenvalue weighted by molar-refractivity contribution is 6.15. The second kappa shape index (κ2) is 6.69. The Morgan fingerprint density at radius 1 is 1.13 bits per heavy atom. The van der Waals surface area contributed by atoms with Gasteiger partial charge in [-0.15, -0.1) is 0 Å². The molecular formula is C19H35BN2O. The molecule has 23 heavy (non-hydrogen) atoms. The quantitative estimate of drug-likeness (QED) is 0.755. The van der Waals surface area contributed by atoms with Crippen LogP contribution in [-0.4, -0.2) is 49.0 Å². The number of likely N-dealkylation sites (tertiary alicyclic amines) is 1. The average molecular weight is 318 g/mol. The number of ether oxygens (including phenoxy) is 1. The van der Waals surface area contributed by atoms with Gasteiger partial charge in [0.15, 0.2) is 0 Å². The molecule has 3 fully saturated rings. The van der Waals surface area contributed by atoms with Gasteiger partial charge in [-0.05, 0) is 63.2 Å². The first-order valence-electron chi connectivity index (χ1n) is 9.77. The molecule has 3 rings (SSSR count). The molecule has 2 heterocycles. The Morgan fingerprint density at radius 2 is 1.83 bits per heavy atom. The molecule has 3 nitrogen and oxygen atoms in total. The lowest BCUT2D eigenvalue weighted by Gasteiger charge is -2.60. The minimum absolute atomic E-state index is 0.304. The zero-order valence-corrected chi connectivity index (χ0v) is 15.4. The summed E-state index contributed by atoms with van der Waals surface area (Å²) in [7, 11) is 6.54. The maximum Gasteiger partial charge on any atom is 0.0950 e. The summed E-state index contributed by atoms with van der Waals surface area (Å²) in [6.07, 6.45) is 9.68. The zero-order chi connectivity index (χ0) is 16.7. The number of hydrogen-bond acceptors (Lipinski definition) is 3. The summed E-state index contributed by atoms with van der Waals surface area (Å²) in [4.78, 5) is 2.80. The summed E-state index contributed by atoms with van der Waals surface area (Å²) < 4.78 is 5.64. The predicted octanol–water partition coefficient (Wildman–Crippen LogP) is 3.06. The van der Waals surface area contributed by atoms with Crippen LogP contribution in [0.1, 0.15) is 72.1 Å². The lowest BCUT2D eigenvalue weighted by Crippen LogP contribution is -2.70. The second-order valence-corrected chi connectivity index (χ2v) is 9.12. The van der Waals surface area contributed by atoms with Gasteiger partial charge >= 0.3 is 0 Å². The molecule has 0 aromatic carbocycles. The van der Waals surface area contributed by atoms with Gasteiger partial charge in [0, 0.05) is 12.1 Å². The van der Waals surface area contributed by atoms with Crippen LogP contribution in [0.3, 0.4) is 0 Å². The Hall–Kier alpha value is -0.0551. The largest absolute Gasteiger partial charge is 0.377 e. The fourth-order valence-electron chi connectivity index (χ4n) is 5.70. The molecule has 1 aliphatic carbocycles. The maximum absolute atomic E-state index is 6.54. The smallest absolute Gasteiger partial charge is 0.0950 e. The van der Waals surface area contributed by atoms with E-state index in [4.69, 9.17) is 18.3 Å². The fourth-order valence-corrected chi connectivity index (χ4v) is 5.70. The number of nitrogens with zero attached hydrogens (tertiary/aromatic N) is 1. The molecule has 0 aromatic heterocycles. The van der Waals surface area contributed by atoms with Crippen LogP contribution in [0.25, 0.3) is 0 Å². The number of piperidine rings is 1. The number of nitrogens with two attached hydrogens (primary N) is 1. The minimum Gasteiger partial charge on any atom is -0.377 e. The molecule has 3 aliphatic rings. The summed E-state index contributed by atoms with van der Waals surface area (Å²) >= 11 is 0. The molecule has 2 saturated heterocycles. The number of rotatable bonds is 1. The summed E-state index contributed by atoms with van der Waals surface area (Å²) in [6, 6.07) is 1.20. The van der Waals surface area contributed by atoms with E-state index in [1.807, 2.05) is 0 Å². The Morgan fingerprint density at radius 3 is 2.43 bits per heavy atom. The van der Waals surface area contributed by atoms with Gasteiger partial charge in [0.25, 0.3) is 0 Å². The van der Waals surface area contributed by atoms with Crippen LogP contribution >= 0.6 is 0 Å². The Labute approximate surface area is 144 Å². The van der Waals surface area contributed by atoms with Crippen molar-refractivity contribution in [2.24, 2.45) is 17.6 Å². The first-order valence-corrected chi connectivity index (χ1v) is 9.77. The highest BCUT2D eigenvalue weighted by Crippen LogP contribution is 2.45. The standard InChI is InChI=1S/C19H35BN2O/c1-14(2)22-17-7-5-4-6-15(3)10-19(20,21)11-16(17)8-9-18(22)12-23-13-18/h14-17H,4-13,21H2,1-3H3. The van der Waals surface area contributed by atoms with Crippen LogP contribution in [0.2, 0.25) is 0 Å². The third-order valence-electron chi connectivity index (χ3n) is 6.55. The zero-order valence-electron chi connectivity index (χ0n) is 15.4. The first kappa shape index (κ1) is 17.8. The van der Waals surface area contributed by atoms with Crippen molar-refractivity contribution in [1.29, 1.82) is 0 Å². The van der Waals surface area contributed by atoms with Crippen LogP contribution in [0, 0.1) is 11.8 Å². The van der Waals surface area contributed by atoms with Crippen molar-refractivity contribution >= 4 is 7.85 Å². The molecule has 1 saturated carbocycles. The first-order chi connectivity index (χ1) is 10.8. The van der Waals surface area contributed by atoms with Crippen molar-refractivity contribution < 1.29 is 4.74 Å². The van der Waals surface area contributed by atoms with Crippen LogP contribution in [0.4, 0.5) is 0 Å². The molecule has 2 N–H and O–H groups in total. The molecule has 2 radical (unpaired) electrons. The minimum atomic E-state index is -0.497. The highest BCUT2D eigenvalue weighted by atomic mass is 16.5. The van der Waals surface area contributed by atoms with Gasteiger partial charge < -0.3 is 10.5 Å². The van der Waals surface area contributed by atoms with E-state index in [2.05, 4.69) is 25.7 Å². The van der Waals surface area contributed by atoms with E-state index >= 15 is 0 Å². The molecule has 0 amide bonds. The Kier molecular flexibility index (Phi) is 5.16. The van der Waals surface area contributed by atoms with Gasteiger partial charge in [0.05, 0.1) is 26.6 Å². The topological polar surface area (TPSA) is 38.5 Å². The Balaban J connectivity index is 1.82. The maximum atomic E-state index is 6.54. The fraction of sp³-hybridized carbons (Fsp3) is 1.00. The van der Waals surface area contributed by atoms with Gasteiger partial charge in [0.1, 0.15) is 0 Å². The third kappa shape index (κ3) is 3.64. The highest BCUT2D eigenvalue weighted by Gasteiger charge is 2.52. The normalized spacial score (nSPS) is 42.2. The molecule has 4 heteroatoms. The van der Waals surface area contributed by atoms with Crippen molar-refractivity contribution in [3.05, 3.63) is 0 Å². The van der Waals surface area contributed by atoms with E-state index in [1.54, 1.807) is 0 Å². The second-order valence-electron chi connectivity index (χ2n) is 9.12. The van der Waals surface area contributed by atoms with Gasteiger partial charge in [-0.3, -0.25) is 4.90 Å². The Bertz CT molecular complexity index is 408. The van der Waals surface area contributed by atoms with Gasteiger partial charge in [-0.25, -0.2) is 0 Å². The van der Waals surface area contributed by atoms with Gasteiger partial charge in [-0.2, -0.15) is 0 Å². The van der Waals surface area contributed by atoms with Crippen molar-refractivity contribution in [3.8, 4) is 0 Å². The molecule has 0 bridgehead atoms. The van der Waals surface area contributed by atoms with Crippen LogP contribution in [0.15, 0.2) is 0 Å². The molecule has 0 aromatic rings. The van der Waals surface area contributed by atoms with Gasteiger partial charge in [-0.1, -0.05) is 26.2 Å². The van der Waals surface area contributed by atoms with Crippen LogP contribution in [0.5, 0.6) is 0 Å². The molecular weight excluding hydrogens is 283 g/mol. The molecule has 2 aliphatic heterocycles. The third-order valence-corrected chi connectivity index (χ3v) is 6.55. The van der Waals surface area contributed by atoms with Gasteiger partial charge in [0.2, 0.25) is 0 Å². The summed E-state index contributed by atoms with van der Waals surface area (Å²) in [6.45, 7) is 8.85. The van der Waals surface area contributed by atoms with E-state index in [9.17, 15) is 0 Å².